The molecular weight excluding hydrogens is 582 g/mol. The van der Waals surface area contributed by atoms with Crippen molar-refractivity contribution in [2.75, 3.05) is 30.4 Å². The van der Waals surface area contributed by atoms with Gasteiger partial charge < -0.3 is 28.8 Å². The summed E-state index contributed by atoms with van der Waals surface area (Å²) in [5, 5.41) is 11.5. The molecule has 0 radical (unpaired) electrons. The van der Waals surface area contributed by atoms with Gasteiger partial charge in [-0.15, -0.1) is 0 Å². The lowest BCUT2D eigenvalue weighted by Crippen LogP contribution is -2.18. The second kappa shape index (κ2) is 11.6. The van der Waals surface area contributed by atoms with Crippen LogP contribution in [0, 0.1) is 0 Å². The zero-order valence-corrected chi connectivity index (χ0v) is 22.6. The molecule has 1 aliphatic heterocycles. The number of amides is 1. The van der Waals surface area contributed by atoms with Crippen LogP contribution in [0.3, 0.4) is 0 Å². The number of carboxylic acid groups (broad SMARTS) is 1. The van der Waals surface area contributed by atoms with Gasteiger partial charge in [-0.25, -0.2) is 23.2 Å². The minimum Gasteiger partial charge on any atom is -0.497 e. The quantitative estimate of drug-likeness (QED) is 0.239. The molecule has 0 spiro atoms. The Morgan fingerprint density at radius 1 is 1.00 bits per heavy atom. The summed E-state index contributed by atoms with van der Waals surface area (Å²) in [6.07, 6.45) is 1.01. The Balaban J connectivity index is 1.57. The SMILES string of the molecule is COc1ccc(Cl)c(Oc2c(NS(=O)(=O)c3ccc4c(c3)OCCO4)ncnc2Oc2ncccc2NC(=O)O)c1. The van der Waals surface area contributed by atoms with E-state index in [1.54, 1.807) is 6.07 Å². The lowest BCUT2D eigenvalue weighted by molar-refractivity contribution is 0.171. The Hall–Kier alpha value is -5.02. The second-order valence-electron chi connectivity index (χ2n) is 8.05. The van der Waals surface area contributed by atoms with Gasteiger partial charge in [0.1, 0.15) is 36.7 Å². The van der Waals surface area contributed by atoms with Gasteiger partial charge in [0.05, 0.1) is 17.0 Å². The van der Waals surface area contributed by atoms with E-state index in [4.69, 9.17) is 35.3 Å². The van der Waals surface area contributed by atoms with Crippen LogP contribution in [0.5, 0.6) is 40.5 Å². The fourth-order valence-electron chi connectivity index (χ4n) is 3.54. The average Bonchev–Trinajstić information content (AvgIpc) is 2.96. The van der Waals surface area contributed by atoms with Crippen LogP contribution in [0.1, 0.15) is 0 Å². The molecule has 0 unspecified atom stereocenters. The molecule has 1 amide bonds. The van der Waals surface area contributed by atoms with Gasteiger partial charge in [-0.3, -0.25) is 10.0 Å². The number of hydrogen-bond donors (Lipinski definition) is 3. The molecule has 3 N–H and O–H groups in total. The summed E-state index contributed by atoms with van der Waals surface area (Å²) in [6.45, 7) is 0.608. The van der Waals surface area contributed by atoms with Crippen molar-refractivity contribution in [3.63, 3.8) is 0 Å². The smallest absolute Gasteiger partial charge is 0.409 e. The van der Waals surface area contributed by atoms with Crippen molar-refractivity contribution >= 4 is 39.2 Å². The first-order valence-corrected chi connectivity index (χ1v) is 13.5. The highest BCUT2D eigenvalue weighted by atomic mass is 35.5. The Kier molecular flexibility index (Phi) is 7.80. The van der Waals surface area contributed by atoms with Crippen molar-refractivity contribution < 1.29 is 42.0 Å². The third-order valence-corrected chi connectivity index (χ3v) is 7.03. The third kappa shape index (κ3) is 6.26. The van der Waals surface area contributed by atoms with Crippen LogP contribution >= 0.6 is 11.6 Å². The van der Waals surface area contributed by atoms with Gasteiger partial charge in [-0.1, -0.05) is 11.6 Å². The number of nitrogens with zero attached hydrogens (tertiary/aromatic N) is 3. The summed E-state index contributed by atoms with van der Waals surface area (Å²) in [5.41, 5.74) is -0.0117. The van der Waals surface area contributed by atoms with Gasteiger partial charge in [0, 0.05) is 18.3 Å². The molecule has 0 saturated heterocycles. The zero-order chi connectivity index (χ0) is 29.0. The van der Waals surface area contributed by atoms with Crippen LogP contribution in [0.15, 0.2) is 66.0 Å². The van der Waals surface area contributed by atoms with Crippen molar-refractivity contribution in [2.24, 2.45) is 0 Å². The fraction of sp³-hybridized carbons (Fsp3) is 0.120. The van der Waals surface area contributed by atoms with E-state index in [-0.39, 0.29) is 57.0 Å². The maximum atomic E-state index is 13.4. The van der Waals surface area contributed by atoms with E-state index < -0.39 is 16.1 Å². The molecule has 0 fully saturated rings. The molecule has 1 aliphatic rings. The van der Waals surface area contributed by atoms with Gasteiger partial charge in [-0.2, -0.15) is 4.98 Å². The third-order valence-electron chi connectivity index (χ3n) is 5.38. The predicted molar refractivity (Wildman–Crippen MR) is 144 cm³/mol. The highest BCUT2D eigenvalue weighted by Crippen LogP contribution is 2.42. The highest BCUT2D eigenvalue weighted by Gasteiger charge is 2.26. The molecule has 16 heteroatoms. The van der Waals surface area contributed by atoms with Gasteiger partial charge in [-0.05, 0) is 36.4 Å². The van der Waals surface area contributed by atoms with Crippen LogP contribution in [0.25, 0.3) is 0 Å². The van der Waals surface area contributed by atoms with E-state index in [0.29, 0.717) is 18.1 Å². The number of methoxy groups -OCH3 is 1. The number of pyridine rings is 1. The van der Waals surface area contributed by atoms with Crippen molar-refractivity contribution in [3.8, 4) is 40.5 Å². The molecule has 3 heterocycles. The summed E-state index contributed by atoms with van der Waals surface area (Å²) in [4.78, 5) is 23.3. The van der Waals surface area contributed by atoms with E-state index in [9.17, 15) is 18.3 Å². The molecule has 212 valence electrons. The molecule has 4 aromatic rings. The lowest BCUT2D eigenvalue weighted by Gasteiger charge is -2.19. The lowest BCUT2D eigenvalue weighted by atomic mass is 10.3. The number of ether oxygens (including phenoxy) is 5. The number of rotatable bonds is 9. The number of carbonyl (C=O) groups is 1. The molecule has 0 bridgehead atoms. The van der Waals surface area contributed by atoms with E-state index in [1.165, 1.54) is 55.8 Å². The van der Waals surface area contributed by atoms with Crippen molar-refractivity contribution in [1.82, 2.24) is 15.0 Å². The number of anilines is 2. The predicted octanol–water partition coefficient (Wildman–Crippen LogP) is 4.78. The number of fused-ring (bicyclic) bond motifs is 1. The summed E-state index contributed by atoms with van der Waals surface area (Å²) < 4.78 is 57.1. The summed E-state index contributed by atoms with van der Waals surface area (Å²) in [7, 11) is -2.83. The monoisotopic (exact) mass is 601 g/mol. The molecule has 0 saturated carbocycles. The number of nitrogens with one attached hydrogen (secondary N) is 2. The fourth-order valence-corrected chi connectivity index (χ4v) is 4.73. The molecule has 2 aromatic heterocycles. The largest absolute Gasteiger partial charge is 0.497 e. The minimum atomic E-state index is -4.27. The van der Waals surface area contributed by atoms with Crippen molar-refractivity contribution in [3.05, 3.63) is 66.1 Å². The average molecular weight is 602 g/mol. The van der Waals surface area contributed by atoms with E-state index in [2.05, 4.69) is 25.0 Å². The van der Waals surface area contributed by atoms with Crippen LogP contribution in [-0.2, 0) is 10.0 Å². The van der Waals surface area contributed by atoms with E-state index in [0.717, 1.165) is 6.33 Å². The number of hydrogen-bond acceptors (Lipinski definition) is 11. The Morgan fingerprint density at radius 3 is 2.59 bits per heavy atom. The molecular formula is C25H20ClN5O9S. The number of benzene rings is 2. The Labute approximate surface area is 237 Å². The van der Waals surface area contributed by atoms with Crippen LogP contribution in [0.2, 0.25) is 5.02 Å². The van der Waals surface area contributed by atoms with Gasteiger partial charge in [0.2, 0.25) is 11.6 Å². The van der Waals surface area contributed by atoms with Crippen LogP contribution < -0.4 is 33.7 Å². The summed E-state index contributed by atoms with van der Waals surface area (Å²) in [6, 6.07) is 11.6. The standard InChI is InChI=1S/C25H20ClN5O9S/c1-36-14-4-6-16(26)19(11-14)39-21-22(31-41(34,35)15-5-7-18-20(12-15)38-10-9-37-18)28-13-29-24(21)40-23-17(30-25(32)33)3-2-8-27-23/h2-8,11-13,30H,9-10H2,1H3,(H,32,33)(H,28,29,31). The van der Waals surface area contributed by atoms with Crippen molar-refractivity contribution in [1.29, 1.82) is 0 Å². The number of aromatic nitrogens is 3. The van der Waals surface area contributed by atoms with Gasteiger partial charge in [0.25, 0.3) is 15.9 Å². The molecule has 0 atom stereocenters. The zero-order valence-electron chi connectivity index (χ0n) is 21.0. The first-order valence-electron chi connectivity index (χ1n) is 11.6. The van der Waals surface area contributed by atoms with Crippen LogP contribution in [-0.4, -0.2) is 54.9 Å². The van der Waals surface area contributed by atoms with Crippen LogP contribution in [0.4, 0.5) is 16.3 Å². The Bertz CT molecular complexity index is 1720. The normalized spacial score (nSPS) is 12.2. The second-order valence-corrected chi connectivity index (χ2v) is 10.1. The highest BCUT2D eigenvalue weighted by molar-refractivity contribution is 7.92. The first kappa shape index (κ1) is 27.5. The first-order chi connectivity index (χ1) is 19.7. The topological polar surface area (TPSA) is 180 Å². The molecule has 14 nitrogen and oxygen atoms in total. The number of halogens is 1. The minimum absolute atomic E-state index is 0.0117. The van der Waals surface area contributed by atoms with Crippen molar-refractivity contribution in [2.45, 2.75) is 4.90 Å². The van der Waals surface area contributed by atoms with Gasteiger partial charge in [0.15, 0.2) is 17.3 Å². The molecule has 5 rings (SSSR count). The molecule has 2 aromatic carbocycles. The van der Waals surface area contributed by atoms with E-state index in [1.807, 2.05) is 0 Å². The maximum absolute atomic E-state index is 13.4. The summed E-state index contributed by atoms with van der Waals surface area (Å²) >= 11 is 6.33. The van der Waals surface area contributed by atoms with Gasteiger partial charge >= 0.3 is 6.09 Å². The maximum Gasteiger partial charge on any atom is 0.409 e. The van der Waals surface area contributed by atoms with E-state index >= 15 is 0 Å². The molecule has 41 heavy (non-hydrogen) atoms. The number of sulfonamides is 1. The Morgan fingerprint density at radius 2 is 1.80 bits per heavy atom. The summed E-state index contributed by atoms with van der Waals surface area (Å²) in [5.74, 6) is -0.0372. The molecule has 0 aliphatic carbocycles.